The van der Waals surface area contributed by atoms with Gasteiger partial charge in [-0.2, -0.15) is 0 Å². The molecular formula is C13H11N3OS. The first-order chi connectivity index (χ1) is 8.86. The van der Waals surface area contributed by atoms with E-state index in [9.17, 15) is 4.79 Å². The van der Waals surface area contributed by atoms with E-state index < -0.39 is 0 Å². The molecule has 1 aromatic carbocycles. The van der Waals surface area contributed by atoms with E-state index in [0.717, 1.165) is 33.6 Å². The van der Waals surface area contributed by atoms with E-state index in [2.05, 4.69) is 15.0 Å². The summed E-state index contributed by atoms with van der Waals surface area (Å²) in [6, 6.07) is 6.05. The summed E-state index contributed by atoms with van der Waals surface area (Å²) < 4.78 is 0. The van der Waals surface area contributed by atoms with Crippen molar-refractivity contribution < 1.29 is 4.79 Å². The van der Waals surface area contributed by atoms with Gasteiger partial charge in [0.1, 0.15) is 11.3 Å². The fourth-order valence-electron chi connectivity index (χ4n) is 1.83. The van der Waals surface area contributed by atoms with Crippen LogP contribution in [-0.2, 0) is 11.2 Å². The number of nitrogens with zero attached hydrogens (tertiary/aromatic N) is 2. The van der Waals surface area contributed by atoms with Crippen LogP contribution in [0, 0.1) is 0 Å². The van der Waals surface area contributed by atoms with Crippen LogP contribution in [0.2, 0.25) is 0 Å². The maximum atomic E-state index is 10.3. The zero-order valence-corrected chi connectivity index (χ0v) is 10.4. The Hall–Kier alpha value is -2.01. The minimum absolute atomic E-state index is 0.531. The number of carbonyl (C=O) groups is 1. The summed E-state index contributed by atoms with van der Waals surface area (Å²) in [7, 11) is 0. The fourth-order valence-corrected chi connectivity index (χ4v) is 2.68. The summed E-state index contributed by atoms with van der Waals surface area (Å²) in [4.78, 5) is 22.1. The first-order valence-corrected chi connectivity index (χ1v) is 6.56. The summed E-state index contributed by atoms with van der Waals surface area (Å²) in [6.45, 7) is 0. The molecule has 0 saturated carbocycles. The largest absolute Gasteiger partial charge is 0.345 e. The van der Waals surface area contributed by atoms with Gasteiger partial charge in [0.15, 0.2) is 0 Å². The number of aryl methyl sites for hydroxylation is 1. The average molecular weight is 257 g/mol. The molecule has 5 heteroatoms. The van der Waals surface area contributed by atoms with Crippen LogP contribution in [-0.4, -0.2) is 21.2 Å². The summed E-state index contributed by atoms with van der Waals surface area (Å²) >= 11 is 1.60. The number of rotatable bonds is 4. The summed E-state index contributed by atoms with van der Waals surface area (Å²) in [5, 5.41) is 2.99. The molecule has 0 radical (unpaired) electrons. The third-order valence-electron chi connectivity index (χ3n) is 2.74. The molecule has 0 spiro atoms. The molecule has 0 aliphatic heterocycles. The van der Waals surface area contributed by atoms with Gasteiger partial charge in [-0.05, 0) is 24.6 Å². The number of H-pyrrole nitrogens is 1. The van der Waals surface area contributed by atoms with Crippen molar-refractivity contribution in [3.63, 3.8) is 0 Å². The molecule has 2 heterocycles. The average Bonchev–Trinajstić information content (AvgIpc) is 3.04. The lowest BCUT2D eigenvalue weighted by molar-refractivity contribution is -0.107. The van der Waals surface area contributed by atoms with Gasteiger partial charge >= 0.3 is 0 Å². The van der Waals surface area contributed by atoms with E-state index in [-0.39, 0.29) is 0 Å². The van der Waals surface area contributed by atoms with Crippen molar-refractivity contribution in [2.24, 2.45) is 0 Å². The second kappa shape index (κ2) is 4.70. The van der Waals surface area contributed by atoms with Crippen molar-refractivity contribution in [2.75, 3.05) is 0 Å². The van der Waals surface area contributed by atoms with E-state index >= 15 is 0 Å². The van der Waals surface area contributed by atoms with Gasteiger partial charge in [-0.15, -0.1) is 11.3 Å². The Bertz CT molecular complexity index is 686. The molecule has 1 N–H and O–H groups in total. The Labute approximate surface area is 108 Å². The molecule has 2 aromatic heterocycles. The molecule has 4 nitrogen and oxygen atoms in total. The number of nitrogens with one attached hydrogen (secondary N) is 1. The first-order valence-electron chi connectivity index (χ1n) is 5.68. The molecule has 18 heavy (non-hydrogen) atoms. The third kappa shape index (κ3) is 2.04. The summed E-state index contributed by atoms with van der Waals surface area (Å²) in [5.41, 5.74) is 4.02. The lowest BCUT2D eigenvalue weighted by Gasteiger charge is -1.96. The smallest absolute Gasteiger partial charge is 0.123 e. The number of hydrogen-bond donors (Lipinski definition) is 1. The van der Waals surface area contributed by atoms with Crippen LogP contribution in [0.15, 0.2) is 29.9 Å². The van der Waals surface area contributed by atoms with Crippen LogP contribution in [0.1, 0.15) is 12.1 Å². The quantitative estimate of drug-likeness (QED) is 0.731. The second-order valence-corrected chi connectivity index (χ2v) is 4.84. The summed E-state index contributed by atoms with van der Waals surface area (Å²) in [5.74, 6) is 0. The van der Waals surface area contributed by atoms with Gasteiger partial charge in [0, 0.05) is 17.4 Å². The molecule has 3 aromatic rings. The Balaban J connectivity index is 1.92. The predicted octanol–water partition coefficient (Wildman–Crippen LogP) is 2.82. The van der Waals surface area contributed by atoms with Crippen LogP contribution in [0.4, 0.5) is 0 Å². The highest BCUT2D eigenvalue weighted by Gasteiger charge is 2.06. The zero-order chi connectivity index (χ0) is 12.4. The second-order valence-electron chi connectivity index (χ2n) is 3.98. The number of benzene rings is 1. The van der Waals surface area contributed by atoms with E-state index in [1.807, 2.05) is 23.6 Å². The molecular weight excluding hydrogens is 246 g/mol. The number of aromatic amines is 1. The van der Waals surface area contributed by atoms with Crippen LogP contribution in [0.25, 0.3) is 21.6 Å². The molecule has 90 valence electrons. The molecule has 3 rings (SSSR count). The van der Waals surface area contributed by atoms with Crippen LogP contribution in [0.5, 0.6) is 0 Å². The molecule has 0 amide bonds. The molecule has 0 aliphatic rings. The SMILES string of the molecule is O=CCCc1csc(-c2ccc3nc[nH]c3c2)n1. The van der Waals surface area contributed by atoms with Gasteiger partial charge in [0.05, 0.1) is 23.1 Å². The monoisotopic (exact) mass is 257 g/mol. The zero-order valence-electron chi connectivity index (χ0n) is 9.59. The van der Waals surface area contributed by atoms with Gasteiger partial charge in [0.2, 0.25) is 0 Å². The Kier molecular flexibility index (Phi) is 2.90. The van der Waals surface area contributed by atoms with Crippen molar-refractivity contribution in [2.45, 2.75) is 12.8 Å². The van der Waals surface area contributed by atoms with Crippen molar-refractivity contribution in [3.8, 4) is 10.6 Å². The maximum Gasteiger partial charge on any atom is 0.123 e. The molecule has 0 aliphatic carbocycles. The third-order valence-corrected chi connectivity index (χ3v) is 3.68. The number of carbonyl (C=O) groups excluding carboxylic acids is 1. The van der Waals surface area contributed by atoms with Crippen molar-refractivity contribution in [1.82, 2.24) is 15.0 Å². The number of aromatic nitrogens is 3. The molecule has 0 saturated heterocycles. The highest BCUT2D eigenvalue weighted by molar-refractivity contribution is 7.13. The van der Waals surface area contributed by atoms with Gasteiger partial charge < -0.3 is 9.78 Å². The molecule has 0 bridgehead atoms. The molecule has 0 atom stereocenters. The molecule has 0 fully saturated rings. The number of thiazole rings is 1. The lowest BCUT2D eigenvalue weighted by atomic mass is 10.2. The number of hydrogen-bond acceptors (Lipinski definition) is 4. The van der Waals surface area contributed by atoms with Crippen LogP contribution < -0.4 is 0 Å². The van der Waals surface area contributed by atoms with E-state index in [1.54, 1.807) is 17.7 Å². The van der Waals surface area contributed by atoms with E-state index in [0.29, 0.717) is 12.8 Å². The maximum absolute atomic E-state index is 10.3. The number of fused-ring (bicyclic) bond motifs is 1. The number of imidazole rings is 1. The van der Waals surface area contributed by atoms with Crippen LogP contribution >= 0.6 is 11.3 Å². The fraction of sp³-hybridized carbons (Fsp3) is 0.154. The van der Waals surface area contributed by atoms with E-state index in [4.69, 9.17) is 0 Å². The minimum atomic E-state index is 0.531. The summed E-state index contributed by atoms with van der Waals surface area (Å²) in [6.07, 6.45) is 3.86. The van der Waals surface area contributed by atoms with Gasteiger partial charge in [-0.1, -0.05) is 0 Å². The van der Waals surface area contributed by atoms with Crippen molar-refractivity contribution in [1.29, 1.82) is 0 Å². The lowest BCUT2D eigenvalue weighted by Crippen LogP contribution is -1.86. The normalized spacial score (nSPS) is 10.9. The highest BCUT2D eigenvalue weighted by Crippen LogP contribution is 2.26. The topological polar surface area (TPSA) is 58.6 Å². The van der Waals surface area contributed by atoms with Gasteiger partial charge in [0.25, 0.3) is 0 Å². The van der Waals surface area contributed by atoms with E-state index in [1.165, 1.54) is 0 Å². The molecule has 0 unspecified atom stereocenters. The predicted molar refractivity (Wildman–Crippen MR) is 71.6 cm³/mol. The van der Waals surface area contributed by atoms with Crippen molar-refractivity contribution in [3.05, 3.63) is 35.6 Å². The first kappa shape index (κ1) is 11.1. The van der Waals surface area contributed by atoms with Gasteiger partial charge in [-0.3, -0.25) is 0 Å². The standard InChI is InChI=1S/C13H11N3OS/c17-5-1-2-10-7-18-13(16-10)9-3-4-11-12(6-9)15-8-14-11/h3-8H,1-2H2,(H,14,15). The van der Waals surface area contributed by atoms with Crippen LogP contribution in [0.3, 0.4) is 0 Å². The van der Waals surface area contributed by atoms with Gasteiger partial charge in [-0.25, -0.2) is 9.97 Å². The Morgan fingerprint density at radius 3 is 3.22 bits per heavy atom. The minimum Gasteiger partial charge on any atom is -0.345 e. The Morgan fingerprint density at radius 2 is 2.33 bits per heavy atom. The Morgan fingerprint density at radius 1 is 1.39 bits per heavy atom. The highest BCUT2D eigenvalue weighted by atomic mass is 32.1. The number of aldehydes is 1. The van der Waals surface area contributed by atoms with Crippen molar-refractivity contribution >= 4 is 28.7 Å².